The summed E-state index contributed by atoms with van der Waals surface area (Å²) in [5, 5.41) is 14.3. The number of hydrogen-bond acceptors (Lipinski definition) is 2. The molecular weight excluding hydrogens is 254 g/mol. The minimum Gasteiger partial charge on any atom is -0.478 e. The Hall–Kier alpha value is -2.56. The summed E-state index contributed by atoms with van der Waals surface area (Å²) in [5.74, 6) is -0.897. The first-order valence-corrected chi connectivity index (χ1v) is 6.44. The Morgan fingerprint density at radius 1 is 1.30 bits per heavy atom. The average molecular weight is 269 g/mol. The van der Waals surface area contributed by atoms with Gasteiger partial charge in [0.1, 0.15) is 0 Å². The highest BCUT2D eigenvalue weighted by Gasteiger charge is 2.07. The summed E-state index contributed by atoms with van der Waals surface area (Å²) >= 11 is 0. The van der Waals surface area contributed by atoms with Gasteiger partial charge >= 0.3 is 5.97 Å². The fourth-order valence-electron chi connectivity index (χ4n) is 2.39. The van der Waals surface area contributed by atoms with Crippen LogP contribution < -0.4 is 0 Å². The summed E-state index contributed by atoms with van der Waals surface area (Å²) < 4.78 is 3.93. The maximum atomic E-state index is 11.0. The standard InChI is InChI=1S/C15H15N3O2/c1-17-13(4-7-16-17)6-9-18-8-5-11-2-3-12(15(19)20)10-14(11)18/h2-5,7-8,10H,6,9H2,1H3,(H,19,20). The number of fused-ring (bicyclic) bond motifs is 1. The molecule has 0 fully saturated rings. The molecule has 0 aliphatic heterocycles. The molecule has 0 saturated carbocycles. The highest BCUT2D eigenvalue weighted by atomic mass is 16.4. The molecule has 5 heteroatoms. The van der Waals surface area contributed by atoms with Crippen molar-refractivity contribution in [2.24, 2.45) is 7.05 Å². The van der Waals surface area contributed by atoms with Crippen molar-refractivity contribution in [3.05, 3.63) is 54.0 Å². The topological polar surface area (TPSA) is 60.0 Å². The zero-order chi connectivity index (χ0) is 14.1. The van der Waals surface area contributed by atoms with Crippen molar-refractivity contribution in [2.75, 3.05) is 0 Å². The molecule has 0 saturated heterocycles. The highest BCUT2D eigenvalue weighted by Crippen LogP contribution is 2.18. The van der Waals surface area contributed by atoms with Gasteiger partial charge in [0, 0.05) is 43.6 Å². The second-order valence-electron chi connectivity index (χ2n) is 4.78. The third kappa shape index (κ3) is 2.18. The van der Waals surface area contributed by atoms with E-state index in [1.807, 2.05) is 36.1 Å². The molecular formula is C15H15N3O2. The predicted octanol–water partition coefficient (Wildman–Crippen LogP) is 2.32. The quantitative estimate of drug-likeness (QED) is 0.790. The Labute approximate surface area is 116 Å². The van der Waals surface area contributed by atoms with Crippen molar-refractivity contribution < 1.29 is 9.90 Å². The SMILES string of the molecule is Cn1nccc1CCn1ccc2ccc(C(=O)O)cc21. The van der Waals surface area contributed by atoms with Gasteiger partial charge in [0.05, 0.1) is 5.56 Å². The van der Waals surface area contributed by atoms with E-state index in [1.54, 1.807) is 18.3 Å². The molecule has 102 valence electrons. The van der Waals surface area contributed by atoms with Crippen molar-refractivity contribution in [3.8, 4) is 0 Å². The normalized spacial score (nSPS) is 11.1. The van der Waals surface area contributed by atoms with Crippen molar-refractivity contribution in [2.45, 2.75) is 13.0 Å². The van der Waals surface area contributed by atoms with E-state index in [0.29, 0.717) is 5.56 Å². The second-order valence-corrected chi connectivity index (χ2v) is 4.78. The molecule has 0 amide bonds. The fraction of sp³-hybridized carbons (Fsp3) is 0.200. The maximum absolute atomic E-state index is 11.0. The molecule has 2 aromatic heterocycles. The Kier molecular flexibility index (Phi) is 3.02. The number of aromatic nitrogens is 3. The maximum Gasteiger partial charge on any atom is 0.335 e. The molecule has 0 atom stereocenters. The molecule has 0 bridgehead atoms. The van der Waals surface area contributed by atoms with E-state index in [1.165, 1.54) is 0 Å². The average Bonchev–Trinajstić information content (AvgIpc) is 3.02. The summed E-state index contributed by atoms with van der Waals surface area (Å²) in [6.45, 7) is 0.798. The van der Waals surface area contributed by atoms with E-state index in [4.69, 9.17) is 5.11 Å². The molecule has 3 aromatic rings. The predicted molar refractivity (Wildman–Crippen MR) is 75.8 cm³/mol. The molecule has 5 nitrogen and oxygen atoms in total. The van der Waals surface area contributed by atoms with E-state index in [0.717, 1.165) is 29.6 Å². The smallest absolute Gasteiger partial charge is 0.335 e. The van der Waals surface area contributed by atoms with E-state index in [9.17, 15) is 4.79 Å². The Morgan fingerprint density at radius 2 is 2.15 bits per heavy atom. The molecule has 0 aliphatic carbocycles. The van der Waals surface area contributed by atoms with Crippen LogP contribution in [0.2, 0.25) is 0 Å². The molecule has 1 aromatic carbocycles. The van der Waals surface area contributed by atoms with Crippen molar-refractivity contribution >= 4 is 16.9 Å². The summed E-state index contributed by atoms with van der Waals surface area (Å²) in [4.78, 5) is 11.0. The van der Waals surface area contributed by atoms with E-state index < -0.39 is 5.97 Å². The molecule has 0 radical (unpaired) electrons. The van der Waals surface area contributed by atoms with Crippen molar-refractivity contribution in [1.29, 1.82) is 0 Å². The number of carboxylic acids is 1. The van der Waals surface area contributed by atoms with Gasteiger partial charge in [-0.3, -0.25) is 4.68 Å². The fourth-order valence-corrected chi connectivity index (χ4v) is 2.39. The van der Waals surface area contributed by atoms with Crippen LogP contribution in [-0.4, -0.2) is 25.4 Å². The summed E-state index contributed by atoms with van der Waals surface area (Å²) in [6, 6.07) is 9.20. The van der Waals surface area contributed by atoms with Crippen LogP contribution in [0.1, 0.15) is 16.1 Å². The highest BCUT2D eigenvalue weighted by molar-refractivity contribution is 5.93. The van der Waals surface area contributed by atoms with E-state index in [2.05, 4.69) is 9.67 Å². The van der Waals surface area contributed by atoms with Crippen molar-refractivity contribution in [3.63, 3.8) is 0 Å². The monoisotopic (exact) mass is 269 g/mol. The van der Waals surface area contributed by atoms with Crippen LogP contribution in [0.4, 0.5) is 0 Å². The lowest BCUT2D eigenvalue weighted by Gasteiger charge is -2.06. The van der Waals surface area contributed by atoms with Crippen LogP contribution in [0.25, 0.3) is 10.9 Å². The van der Waals surface area contributed by atoms with Crippen LogP contribution in [-0.2, 0) is 20.0 Å². The Morgan fingerprint density at radius 3 is 2.85 bits per heavy atom. The zero-order valence-electron chi connectivity index (χ0n) is 11.2. The first kappa shape index (κ1) is 12.5. The number of carbonyl (C=O) groups is 1. The largest absolute Gasteiger partial charge is 0.478 e. The first-order chi connectivity index (χ1) is 9.65. The second kappa shape index (κ2) is 4.85. The minimum absolute atomic E-state index is 0.318. The third-order valence-electron chi connectivity index (χ3n) is 3.55. The van der Waals surface area contributed by atoms with Crippen LogP contribution in [0, 0.1) is 0 Å². The minimum atomic E-state index is -0.897. The van der Waals surface area contributed by atoms with Crippen LogP contribution in [0.15, 0.2) is 42.7 Å². The number of carboxylic acid groups (broad SMARTS) is 1. The molecule has 0 aliphatic rings. The van der Waals surface area contributed by atoms with E-state index in [-0.39, 0.29) is 0 Å². The summed E-state index contributed by atoms with van der Waals surface area (Å²) in [6.07, 6.45) is 4.63. The number of aromatic carboxylic acids is 1. The molecule has 20 heavy (non-hydrogen) atoms. The number of nitrogens with zero attached hydrogens (tertiary/aromatic N) is 3. The zero-order valence-corrected chi connectivity index (χ0v) is 11.2. The number of benzene rings is 1. The summed E-state index contributed by atoms with van der Waals surface area (Å²) in [5.41, 5.74) is 2.42. The Balaban J connectivity index is 1.89. The van der Waals surface area contributed by atoms with Crippen LogP contribution >= 0.6 is 0 Å². The van der Waals surface area contributed by atoms with Gasteiger partial charge in [0.2, 0.25) is 0 Å². The number of hydrogen-bond donors (Lipinski definition) is 1. The van der Waals surface area contributed by atoms with Gasteiger partial charge in [-0.15, -0.1) is 0 Å². The van der Waals surface area contributed by atoms with Gasteiger partial charge in [-0.1, -0.05) is 6.07 Å². The molecule has 3 rings (SSSR count). The van der Waals surface area contributed by atoms with Gasteiger partial charge in [0.25, 0.3) is 0 Å². The molecule has 2 heterocycles. The molecule has 0 unspecified atom stereocenters. The third-order valence-corrected chi connectivity index (χ3v) is 3.55. The van der Waals surface area contributed by atoms with Gasteiger partial charge < -0.3 is 9.67 Å². The van der Waals surface area contributed by atoms with Gasteiger partial charge in [-0.05, 0) is 29.7 Å². The van der Waals surface area contributed by atoms with Gasteiger partial charge in [-0.25, -0.2) is 4.79 Å². The lowest BCUT2D eigenvalue weighted by atomic mass is 10.1. The van der Waals surface area contributed by atoms with Gasteiger partial charge in [0.15, 0.2) is 0 Å². The lowest BCUT2D eigenvalue weighted by Crippen LogP contribution is -2.05. The van der Waals surface area contributed by atoms with Gasteiger partial charge in [-0.2, -0.15) is 5.10 Å². The van der Waals surface area contributed by atoms with E-state index >= 15 is 0 Å². The number of aryl methyl sites for hydroxylation is 3. The molecule has 0 spiro atoms. The lowest BCUT2D eigenvalue weighted by molar-refractivity contribution is 0.0697. The Bertz CT molecular complexity index is 770. The molecule has 1 N–H and O–H groups in total. The first-order valence-electron chi connectivity index (χ1n) is 6.44. The number of rotatable bonds is 4. The van der Waals surface area contributed by atoms with Crippen LogP contribution in [0.3, 0.4) is 0 Å². The van der Waals surface area contributed by atoms with Crippen molar-refractivity contribution in [1.82, 2.24) is 14.3 Å². The van der Waals surface area contributed by atoms with Crippen LogP contribution in [0.5, 0.6) is 0 Å². The summed E-state index contributed by atoms with van der Waals surface area (Å²) in [7, 11) is 1.92.